The van der Waals surface area contributed by atoms with Crippen LogP contribution in [0.4, 0.5) is 0 Å². The molecule has 17 heavy (non-hydrogen) atoms. The first-order valence-corrected chi connectivity index (χ1v) is 7.25. The third-order valence-electron chi connectivity index (χ3n) is 3.59. The van der Waals surface area contributed by atoms with Gasteiger partial charge in [0.05, 0.1) is 5.38 Å². The second kappa shape index (κ2) is 7.06. The molecule has 2 atom stereocenters. The summed E-state index contributed by atoms with van der Waals surface area (Å²) in [7, 11) is 0. The molecule has 0 saturated heterocycles. The summed E-state index contributed by atoms with van der Waals surface area (Å²) in [5, 5.41) is 0.173. The van der Waals surface area contributed by atoms with Crippen LogP contribution in [-0.2, 0) is 0 Å². The minimum Gasteiger partial charge on any atom is -0.118 e. The minimum absolute atomic E-state index is 0.173. The SMILES string of the molecule is CCCCC(CC)C(Cl)c1ccc(C)cc1C. The van der Waals surface area contributed by atoms with Gasteiger partial charge in [-0.1, -0.05) is 56.9 Å². The van der Waals surface area contributed by atoms with Crippen LogP contribution in [0.5, 0.6) is 0 Å². The Morgan fingerprint density at radius 2 is 1.88 bits per heavy atom. The van der Waals surface area contributed by atoms with Crippen LogP contribution < -0.4 is 0 Å². The fourth-order valence-electron chi connectivity index (χ4n) is 2.41. The molecule has 2 unspecified atom stereocenters. The molecule has 1 aromatic rings. The van der Waals surface area contributed by atoms with Gasteiger partial charge in [-0.15, -0.1) is 11.6 Å². The summed E-state index contributed by atoms with van der Waals surface area (Å²) in [4.78, 5) is 0. The predicted octanol–water partition coefficient (Wildman–Crippen LogP) is 5.80. The van der Waals surface area contributed by atoms with Crippen molar-refractivity contribution in [2.45, 2.75) is 58.8 Å². The van der Waals surface area contributed by atoms with Crippen LogP contribution in [0.15, 0.2) is 18.2 Å². The maximum Gasteiger partial charge on any atom is 0.0615 e. The van der Waals surface area contributed by atoms with Crippen LogP contribution >= 0.6 is 11.6 Å². The summed E-state index contributed by atoms with van der Waals surface area (Å²) in [5.41, 5.74) is 3.97. The van der Waals surface area contributed by atoms with Gasteiger partial charge in [0.15, 0.2) is 0 Å². The van der Waals surface area contributed by atoms with E-state index in [0.717, 1.165) is 0 Å². The maximum atomic E-state index is 6.67. The topological polar surface area (TPSA) is 0 Å². The monoisotopic (exact) mass is 252 g/mol. The first kappa shape index (κ1) is 14.6. The van der Waals surface area contributed by atoms with Gasteiger partial charge in [0.2, 0.25) is 0 Å². The van der Waals surface area contributed by atoms with Crippen molar-refractivity contribution in [3.8, 4) is 0 Å². The Labute approximate surface area is 111 Å². The molecule has 0 fully saturated rings. The predicted molar refractivity (Wildman–Crippen MR) is 77.8 cm³/mol. The van der Waals surface area contributed by atoms with Crippen molar-refractivity contribution in [1.29, 1.82) is 0 Å². The number of unbranched alkanes of at least 4 members (excludes halogenated alkanes) is 1. The lowest BCUT2D eigenvalue weighted by Crippen LogP contribution is -2.08. The number of rotatable bonds is 6. The summed E-state index contributed by atoms with van der Waals surface area (Å²) in [6.45, 7) is 8.80. The smallest absolute Gasteiger partial charge is 0.0615 e. The second-order valence-corrected chi connectivity index (χ2v) is 5.54. The zero-order valence-corrected chi connectivity index (χ0v) is 12.3. The van der Waals surface area contributed by atoms with Gasteiger partial charge in [0.25, 0.3) is 0 Å². The lowest BCUT2D eigenvalue weighted by molar-refractivity contribution is 0.436. The van der Waals surface area contributed by atoms with Crippen LogP contribution in [0.25, 0.3) is 0 Å². The van der Waals surface area contributed by atoms with Gasteiger partial charge in [-0.3, -0.25) is 0 Å². The highest BCUT2D eigenvalue weighted by atomic mass is 35.5. The van der Waals surface area contributed by atoms with E-state index in [1.54, 1.807) is 0 Å². The Kier molecular flexibility index (Phi) is 6.05. The van der Waals surface area contributed by atoms with Crippen molar-refractivity contribution in [2.75, 3.05) is 0 Å². The zero-order valence-electron chi connectivity index (χ0n) is 11.6. The number of halogens is 1. The quantitative estimate of drug-likeness (QED) is 0.562. The standard InChI is InChI=1S/C16H25Cl/c1-5-7-8-14(6-2)16(17)15-10-9-12(3)11-13(15)4/h9-11,14,16H,5-8H2,1-4H3. The Hall–Kier alpha value is -0.490. The lowest BCUT2D eigenvalue weighted by atomic mass is 9.89. The number of aryl methyl sites for hydroxylation is 2. The molecule has 0 N–H and O–H groups in total. The van der Waals surface area contributed by atoms with Crippen molar-refractivity contribution in [1.82, 2.24) is 0 Å². The molecule has 0 heterocycles. The molecule has 0 spiro atoms. The van der Waals surface area contributed by atoms with E-state index in [1.807, 2.05) is 0 Å². The molecule has 0 amide bonds. The molecule has 0 bridgehead atoms. The highest BCUT2D eigenvalue weighted by molar-refractivity contribution is 6.21. The van der Waals surface area contributed by atoms with Gasteiger partial charge in [0.1, 0.15) is 0 Å². The van der Waals surface area contributed by atoms with Crippen LogP contribution in [0, 0.1) is 19.8 Å². The minimum atomic E-state index is 0.173. The first-order chi connectivity index (χ1) is 8.10. The van der Waals surface area contributed by atoms with Gasteiger partial charge < -0.3 is 0 Å². The van der Waals surface area contributed by atoms with Gasteiger partial charge in [-0.25, -0.2) is 0 Å². The van der Waals surface area contributed by atoms with Crippen molar-refractivity contribution in [3.05, 3.63) is 34.9 Å². The van der Waals surface area contributed by atoms with Crippen LogP contribution in [-0.4, -0.2) is 0 Å². The highest BCUT2D eigenvalue weighted by Crippen LogP contribution is 2.36. The fourth-order valence-corrected chi connectivity index (χ4v) is 2.96. The molecular weight excluding hydrogens is 228 g/mol. The molecule has 96 valence electrons. The fraction of sp³-hybridized carbons (Fsp3) is 0.625. The van der Waals surface area contributed by atoms with E-state index in [9.17, 15) is 0 Å². The normalized spacial score (nSPS) is 14.6. The molecule has 0 aliphatic rings. The van der Waals surface area contributed by atoms with Gasteiger partial charge in [-0.05, 0) is 37.3 Å². The van der Waals surface area contributed by atoms with Gasteiger partial charge >= 0.3 is 0 Å². The number of hydrogen-bond acceptors (Lipinski definition) is 0. The van der Waals surface area contributed by atoms with Crippen molar-refractivity contribution in [2.24, 2.45) is 5.92 Å². The Morgan fingerprint density at radius 1 is 1.18 bits per heavy atom. The number of hydrogen-bond donors (Lipinski definition) is 0. The molecule has 0 saturated carbocycles. The molecule has 1 aromatic carbocycles. The maximum absolute atomic E-state index is 6.67. The third kappa shape index (κ3) is 4.03. The lowest BCUT2D eigenvalue weighted by Gasteiger charge is -2.22. The molecule has 0 aliphatic heterocycles. The van der Waals surface area contributed by atoms with E-state index in [-0.39, 0.29) is 5.38 Å². The summed E-state index contributed by atoms with van der Waals surface area (Å²) >= 11 is 6.67. The van der Waals surface area contributed by atoms with Crippen molar-refractivity contribution < 1.29 is 0 Å². The van der Waals surface area contributed by atoms with Gasteiger partial charge in [0, 0.05) is 0 Å². The molecule has 0 aromatic heterocycles. The molecular formula is C16H25Cl. The third-order valence-corrected chi connectivity index (χ3v) is 4.18. The molecule has 1 rings (SSSR count). The van der Waals surface area contributed by atoms with Crippen molar-refractivity contribution in [3.63, 3.8) is 0 Å². The van der Waals surface area contributed by atoms with E-state index in [0.29, 0.717) is 5.92 Å². The van der Waals surface area contributed by atoms with E-state index >= 15 is 0 Å². The Bertz CT molecular complexity index is 343. The summed E-state index contributed by atoms with van der Waals surface area (Å²) in [5.74, 6) is 0.609. The van der Waals surface area contributed by atoms with Crippen LogP contribution in [0.2, 0.25) is 0 Å². The zero-order chi connectivity index (χ0) is 12.8. The van der Waals surface area contributed by atoms with Crippen LogP contribution in [0.3, 0.4) is 0 Å². The summed E-state index contributed by atoms with van der Waals surface area (Å²) < 4.78 is 0. The molecule has 0 nitrogen and oxygen atoms in total. The van der Waals surface area contributed by atoms with Crippen LogP contribution in [0.1, 0.15) is 61.6 Å². The highest BCUT2D eigenvalue weighted by Gasteiger charge is 2.20. The van der Waals surface area contributed by atoms with E-state index in [4.69, 9.17) is 11.6 Å². The Morgan fingerprint density at radius 3 is 2.41 bits per heavy atom. The average Bonchev–Trinajstić information content (AvgIpc) is 2.29. The van der Waals surface area contributed by atoms with E-state index in [2.05, 4.69) is 45.9 Å². The average molecular weight is 253 g/mol. The molecule has 0 radical (unpaired) electrons. The molecule has 0 aliphatic carbocycles. The number of alkyl halides is 1. The second-order valence-electron chi connectivity index (χ2n) is 5.07. The number of benzene rings is 1. The van der Waals surface area contributed by atoms with E-state index < -0.39 is 0 Å². The van der Waals surface area contributed by atoms with E-state index in [1.165, 1.54) is 42.4 Å². The Balaban J connectivity index is 2.81. The van der Waals surface area contributed by atoms with Crippen molar-refractivity contribution >= 4 is 11.6 Å². The molecule has 1 heteroatoms. The first-order valence-electron chi connectivity index (χ1n) is 6.81. The largest absolute Gasteiger partial charge is 0.118 e. The van der Waals surface area contributed by atoms with Gasteiger partial charge in [-0.2, -0.15) is 0 Å². The summed E-state index contributed by atoms with van der Waals surface area (Å²) in [6, 6.07) is 6.61. The summed E-state index contributed by atoms with van der Waals surface area (Å²) in [6.07, 6.45) is 4.95.